The van der Waals surface area contributed by atoms with Crippen LogP contribution < -0.4 is 15.0 Å². The van der Waals surface area contributed by atoms with Gasteiger partial charge in [0.15, 0.2) is 0 Å². The van der Waals surface area contributed by atoms with Gasteiger partial charge in [-0.05, 0) is 24.3 Å². The molecule has 1 N–H and O–H groups in total. The lowest BCUT2D eigenvalue weighted by Crippen LogP contribution is -2.38. The SMILES string of the molecule is COC(=O)c1ccccc1N(CCNC(=O)c1ccccc1OC)C(C)=O. The number of ether oxygens (including phenoxy) is 2. The van der Waals surface area contributed by atoms with E-state index in [9.17, 15) is 14.4 Å². The predicted octanol–water partition coefficient (Wildman–Crippen LogP) is 2.26. The fourth-order valence-electron chi connectivity index (χ4n) is 2.65. The Hall–Kier alpha value is -3.35. The van der Waals surface area contributed by atoms with Crippen LogP contribution in [0.2, 0.25) is 0 Å². The first kappa shape index (κ1) is 20.0. The second-order valence-corrected chi connectivity index (χ2v) is 5.64. The first-order valence-electron chi connectivity index (χ1n) is 8.36. The Balaban J connectivity index is 2.11. The van der Waals surface area contributed by atoms with Crippen LogP contribution in [0, 0.1) is 0 Å². The molecular weight excluding hydrogens is 348 g/mol. The summed E-state index contributed by atoms with van der Waals surface area (Å²) in [6, 6.07) is 13.5. The van der Waals surface area contributed by atoms with Crippen molar-refractivity contribution >= 4 is 23.5 Å². The van der Waals surface area contributed by atoms with Gasteiger partial charge in [-0.15, -0.1) is 0 Å². The van der Waals surface area contributed by atoms with Crippen molar-refractivity contribution in [3.8, 4) is 5.75 Å². The largest absolute Gasteiger partial charge is 0.496 e. The van der Waals surface area contributed by atoms with Crippen LogP contribution in [-0.2, 0) is 9.53 Å². The van der Waals surface area contributed by atoms with E-state index in [2.05, 4.69) is 5.32 Å². The summed E-state index contributed by atoms with van der Waals surface area (Å²) in [7, 11) is 2.78. The van der Waals surface area contributed by atoms with Gasteiger partial charge in [-0.2, -0.15) is 0 Å². The van der Waals surface area contributed by atoms with E-state index in [-0.39, 0.29) is 30.5 Å². The Morgan fingerprint density at radius 3 is 2.22 bits per heavy atom. The van der Waals surface area contributed by atoms with Crippen LogP contribution >= 0.6 is 0 Å². The van der Waals surface area contributed by atoms with Gasteiger partial charge < -0.3 is 19.7 Å². The van der Waals surface area contributed by atoms with E-state index >= 15 is 0 Å². The zero-order chi connectivity index (χ0) is 19.8. The van der Waals surface area contributed by atoms with E-state index < -0.39 is 5.97 Å². The number of amides is 2. The molecule has 0 spiro atoms. The average molecular weight is 370 g/mol. The molecule has 7 nitrogen and oxygen atoms in total. The second kappa shape index (κ2) is 9.38. The quantitative estimate of drug-likeness (QED) is 0.756. The van der Waals surface area contributed by atoms with Gasteiger partial charge in [0.05, 0.1) is 31.0 Å². The van der Waals surface area contributed by atoms with Gasteiger partial charge >= 0.3 is 5.97 Å². The van der Waals surface area contributed by atoms with Gasteiger partial charge in [0.2, 0.25) is 5.91 Å². The normalized spacial score (nSPS) is 10.0. The molecule has 0 bridgehead atoms. The number of anilines is 1. The highest BCUT2D eigenvalue weighted by molar-refractivity contribution is 6.02. The van der Waals surface area contributed by atoms with Crippen molar-refractivity contribution in [3.05, 3.63) is 59.7 Å². The molecule has 0 radical (unpaired) electrons. The van der Waals surface area contributed by atoms with Crippen LogP contribution in [0.5, 0.6) is 5.75 Å². The third-order valence-corrected chi connectivity index (χ3v) is 3.95. The van der Waals surface area contributed by atoms with Gasteiger partial charge in [0, 0.05) is 20.0 Å². The zero-order valence-corrected chi connectivity index (χ0v) is 15.5. The molecule has 0 aliphatic heterocycles. The minimum absolute atomic E-state index is 0.199. The van der Waals surface area contributed by atoms with E-state index in [1.165, 1.54) is 26.0 Å². The summed E-state index contributed by atoms with van der Waals surface area (Å²) >= 11 is 0. The van der Waals surface area contributed by atoms with Crippen molar-refractivity contribution in [2.75, 3.05) is 32.2 Å². The van der Waals surface area contributed by atoms with E-state index in [0.717, 1.165) is 0 Å². The molecular formula is C20H22N2O5. The number of benzene rings is 2. The number of nitrogens with one attached hydrogen (secondary N) is 1. The molecule has 0 fully saturated rings. The molecule has 0 aromatic heterocycles. The van der Waals surface area contributed by atoms with E-state index in [1.807, 2.05) is 0 Å². The number of hydrogen-bond donors (Lipinski definition) is 1. The van der Waals surface area contributed by atoms with Crippen molar-refractivity contribution in [2.24, 2.45) is 0 Å². The maximum absolute atomic E-state index is 12.4. The third-order valence-electron chi connectivity index (χ3n) is 3.95. The number of esters is 1. The lowest BCUT2D eigenvalue weighted by Gasteiger charge is -2.23. The molecule has 2 aromatic rings. The van der Waals surface area contributed by atoms with Crippen LogP contribution in [0.15, 0.2) is 48.5 Å². The molecule has 7 heteroatoms. The Labute approximate surface area is 157 Å². The number of nitrogens with zero attached hydrogens (tertiary/aromatic N) is 1. The lowest BCUT2D eigenvalue weighted by atomic mass is 10.1. The summed E-state index contributed by atoms with van der Waals surface area (Å²) in [5.41, 5.74) is 1.12. The van der Waals surface area contributed by atoms with Crippen LogP contribution in [0.1, 0.15) is 27.6 Å². The lowest BCUT2D eigenvalue weighted by molar-refractivity contribution is -0.116. The molecule has 0 saturated heterocycles. The number of methoxy groups -OCH3 is 2. The molecule has 142 valence electrons. The van der Waals surface area contributed by atoms with E-state index in [4.69, 9.17) is 9.47 Å². The minimum atomic E-state index is -0.532. The van der Waals surface area contributed by atoms with Crippen LogP contribution in [0.25, 0.3) is 0 Å². The molecule has 27 heavy (non-hydrogen) atoms. The second-order valence-electron chi connectivity index (χ2n) is 5.64. The molecule has 0 atom stereocenters. The van der Waals surface area contributed by atoms with Crippen molar-refractivity contribution < 1.29 is 23.9 Å². The fraction of sp³-hybridized carbons (Fsp3) is 0.250. The van der Waals surface area contributed by atoms with E-state index in [0.29, 0.717) is 17.0 Å². The van der Waals surface area contributed by atoms with Crippen molar-refractivity contribution in [2.45, 2.75) is 6.92 Å². The monoisotopic (exact) mass is 370 g/mol. The van der Waals surface area contributed by atoms with Crippen molar-refractivity contribution in [1.82, 2.24) is 5.32 Å². The number of hydrogen-bond acceptors (Lipinski definition) is 5. The molecule has 0 heterocycles. The molecule has 0 unspecified atom stereocenters. The van der Waals surface area contributed by atoms with Gasteiger partial charge in [-0.3, -0.25) is 9.59 Å². The Bertz CT molecular complexity index is 835. The van der Waals surface area contributed by atoms with Crippen LogP contribution in [0.4, 0.5) is 5.69 Å². The maximum Gasteiger partial charge on any atom is 0.339 e. The molecule has 0 aliphatic rings. The first-order valence-corrected chi connectivity index (χ1v) is 8.36. The maximum atomic E-state index is 12.4. The summed E-state index contributed by atoms with van der Waals surface area (Å²) in [6.07, 6.45) is 0. The molecule has 0 saturated carbocycles. The summed E-state index contributed by atoms with van der Waals surface area (Å²) < 4.78 is 9.95. The molecule has 2 aromatic carbocycles. The number of para-hydroxylation sites is 2. The first-order chi connectivity index (χ1) is 13.0. The van der Waals surface area contributed by atoms with Gasteiger partial charge in [-0.1, -0.05) is 24.3 Å². The molecule has 2 rings (SSSR count). The van der Waals surface area contributed by atoms with Crippen LogP contribution in [0.3, 0.4) is 0 Å². The van der Waals surface area contributed by atoms with Gasteiger partial charge in [-0.25, -0.2) is 4.79 Å². The van der Waals surface area contributed by atoms with Crippen LogP contribution in [-0.4, -0.2) is 45.1 Å². The Morgan fingerprint density at radius 1 is 0.963 bits per heavy atom. The number of carbonyl (C=O) groups excluding carboxylic acids is 3. The smallest absolute Gasteiger partial charge is 0.339 e. The average Bonchev–Trinajstić information content (AvgIpc) is 2.70. The predicted molar refractivity (Wildman–Crippen MR) is 101 cm³/mol. The Morgan fingerprint density at radius 2 is 1.59 bits per heavy atom. The summed E-state index contributed by atoms with van der Waals surface area (Å²) in [5, 5.41) is 2.76. The van der Waals surface area contributed by atoms with Crippen molar-refractivity contribution in [1.29, 1.82) is 0 Å². The van der Waals surface area contributed by atoms with Gasteiger partial charge in [0.1, 0.15) is 5.75 Å². The Kier molecular flexibility index (Phi) is 6.93. The highest BCUT2D eigenvalue weighted by atomic mass is 16.5. The molecule has 0 aliphatic carbocycles. The standard InChI is InChI=1S/C20H22N2O5/c1-14(23)22(17-10-6-4-8-15(17)20(25)27-3)13-12-21-19(24)16-9-5-7-11-18(16)26-2/h4-11H,12-13H2,1-3H3,(H,21,24). The highest BCUT2D eigenvalue weighted by Crippen LogP contribution is 2.21. The summed E-state index contributed by atoms with van der Waals surface area (Å²) in [6.45, 7) is 1.80. The fourth-order valence-corrected chi connectivity index (χ4v) is 2.65. The van der Waals surface area contributed by atoms with Crippen molar-refractivity contribution in [3.63, 3.8) is 0 Å². The molecule has 2 amide bonds. The summed E-state index contributed by atoms with van der Waals surface area (Å²) in [5.74, 6) is -0.625. The number of carbonyl (C=O) groups is 3. The highest BCUT2D eigenvalue weighted by Gasteiger charge is 2.20. The van der Waals surface area contributed by atoms with Gasteiger partial charge in [0.25, 0.3) is 5.91 Å². The number of rotatable bonds is 7. The minimum Gasteiger partial charge on any atom is -0.496 e. The third kappa shape index (κ3) is 4.84. The zero-order valence-electron chi connectivity index (χ0n) is 15.5. The summed E-state index contributed by atoms with van der Waals surface area (Å²) in [4.78, 5) is 37.8. The topological polar surface area (TPSA) is 84.9 Å². The van der Waals surface area contributed by atoms with E-state index in [1.54, 1.807) is 48.5 Å².